The Hall–Kier alpha value is -2.21. The Kier molecular flexibility index (Phi) is 3.47. The van der Waals surface area contributed by atoms with Crippen molar-refractivity contribution < 1.29 is 0 Å². The van der Waals surface area contributed by atoms with Gasteiger partial charge in [0.15, 0.2) is 5.82 Å². The predicted molar refractivity (Wildman–Crippen MR) is 83.6 cm³/mol. The summed E-state index contributed by atoms with van der Waals surface area (Å²) in [6, 6.07) is 8.07. The van der Waals surface area contributed by atoms with Crippen LogP contribution < -0.4 is 4.87 Å². The number of aryl methyl sites for hydroxylation is 2. The summed E-state index contributed by atoms with van der Waals surface area (Å²) in [5.74, 6) is 1.62. The summed E-state index contributed by atoms with van der Waals surface area (Å²) in [6.45, 7) is 4.38. The molecule has 2 heterocycles. The van der Waals surface area contributed by atoms with Gasteiger partial charge in [0, 0.05) is 18.0 Å². The monoisotopic (exact) mass is 300 g/mol. The number of hydrogen-bond donors (Lipinski definition) is 0. The summed E-state index contributed by atoms with van der Waals surface area (Å²) in [5.41, 5.74) is 3.16. The molecule has 0 fully saturated rings. The second kappa shape index (κ2) is 5.29. The van der Waals surface area contributed by atoms with Crippen LogP contribution in [-0.4, -0.2) is 19.3 Å². The van der Waals surface area contributed by atoms with Crippen LogP contribution in [0.25, 0.3) is 11.3 Å². The molecule has 0 radical (unpaired) electrons. The highest BCUT2D eigenvalue weighted by molar-refractivity contribution is 7.07. The molecule has 21 heavy (non-hydrogen) atoms. The molecule has 3 rings (SSSR count). The number of nitrogens with zero attached hydrogens (tertiary/aromatic N) is 4. The molecule has 0 spiro atoms. The average molecular weight is 300 g/mol. The van der Waals surface area contributed by atoms with E-state index >= 15 is 0 Å². The van der Waals surface area contributed by atoms with Crippen LogP contribution in [0.3, 0.4) is 0 Å². The number of rotatable bonds is 3. The van der Waals surface area contributed by atoms with Crippen molar-refractivity contribution in [3.63, 3.8) is 0 Å². The second-order valence-corrected chi connectivity index (χ2v) is 5.83. The lowest BCUT2D eigenvalue weighted by Crippen LogP contribution is -2.18. The molecule has 1 aromatic carbocycles. The summed E-state index contributed by atoms with van der Waals surface area (Å²) in [5, 5.41) is 10.1. The lowest BCUT2D eigenvalue weighted by atomic mass is 10.1. The molecule has 0 bridgehead atoms. The number of hydrogen-bond acceptors (Lipinski definition) is 4. The Bertz CT molecular complexity index is 843. The third-order valence-electron chi connectivity index (χ3n) is 3.69. The molecule has 108 valence electrons. The van der Waals surface area contributed by atoms with E-state index in [4.69, 9.17) is 0 Å². The second-order valence-electron chi connectivity index (χ2n) is 5.01. The lowest BCUT2D eigenvalue weighted by Gasteiger charge is -2.09. The molecule has 0 atom stereocenters. The molecule has 0 amide bonds. The summed E-state index contributed by atoms with van der Waals surface area (Å²) >= 11 is 1.22. The minimum absolute atomic E-state index is 0.0221. The summed E-state index contributed by atoms with van der Waals surface area (Å²) in [7, 11) is 1.91. The maximum absolute atomic E-state index is 12.2. The zero-order valence-corrected chi connectivity index (χ0v) is 13.0. The molecule has 0 N–H and O–H groups in total. The fourth-order valence-electron chi connectivity index (χ4n) is 2.28. The molecular weight excluding hydrogens is 284 g/mol. The predicted octanol–water partition coefficient (Wildman–Crippen LogP) is 2.37. The first-order valence-corrected chi connectivity index (χ1v) is 7.55. The molecule has 0 saturated carbocycles. The Labute approximate surface area is 126 Å². The topological polar surface area (TPSA) is 52.7 Å². The number of thiazole rings is 1. The fraction of sp³-hybridized carbons (Fsp3) is 0.267. The van der Waals surface area contributed by atoms with Gasteiger partial charge in [0.2, 0.25) is 0 Å². The highest BCUT2D eigenvalue weighted by Crippen LogP contribution is 2.24. The van der Waals surface area contributed by atoms with Gasteiger partial charge in [-0.15, -0.1) is 10.2 Å². The van der Waals surface area contributed by atoms with E-state index < -0.39 is 0 Å². The van der Waals surface area contributed by atoms with E-state index in [1.54, 1.807) is 4.57 Å². The minimum atomic E-state index is 0.0221. The Morgan fingerprint density at radius 1 is 1.19 bits per heavy atom. The molecule has 6 heteroatoms. The molecule has 0 aliphatic carbocycles. The van der Waals surface area contributed by atoms with Crippen molar-refractivity contribution in [1.29, 1.82) is 0 Å². The van der Waals surface area contributed by atoms with E-state index in [-0.39, 0.29) is 4.87 Å². The first-order chi connectivity index (χ1) is 10.1. The maximum Gasteiger partial charge on any atom is 0.307 e. The minimum Gasteiger partial charge on any atom is -0.317 e. The van der Waals surface area contributed by atoms with Gasteiger partial charge in [0.05, 0.1) is 12.2 Å². The summed E-state index contributed by atoms with van der Waals surface area (Å²) in [4.78, 5) is 12.2. The van der Waals surface area contributed by atoms with Crippen molar-refractivity contribution in [3.05, 3.63) is 56.5 Å². The van der Waals surface area contributed by atoms with Gasteiger partial charge in [0.1, 0.15) is 5.82 Å². The van der Waals surface area contributed by atoms with Crippen LogP contribution in [0, 0.1) is 13.8 Å². The summed E-state index contributed by atoms with van der Waals surface area (Å²) in [6.07, 6.45) is 0. The van der Waals surface area contributed by atoms with Crippen LogP contribution in [-0.2, 0) is 13.6 Å². The summed E-state index contributed by atoms with van der Waals surface area (Å²) < 4.78 is 3.67. The van der Waals surface area contributed by atoms with Gasteiger partial charge >= 0.3 is 4.87 Å². The first kappa shape index (κ1) is 13.8. The van der Waals surface area contributed by atoms with Crippen molar-refractivity contribution in [3.8, 4) is 11.3 Å². The van der Waals surface area contributed by atoms with Crippen molar-refractivity contribution in [2.24, 2.45) is 7.05 Å². The fourth-order valence-corrected chi connectivity index (χ4v) is 3.04. The Balaban J connectivity index is 2.08. The number of benzene rings is 1. The molecular formula is C15H16N4OS. The van der Waals surface area contributed by atoms with E-state index in [1.807, 2.05) is 55.1 Å². The molecule has 3 aromatic rings. The van der Waals surface area contributed by atoms with Gasteiger partial charge in [-0.25, -0.2) is 0 Å². The van der Waals surface area contributed by atoms with Crippen LogP contribution >= 0.6 is 11.3 Å². The van der Waals surface area contributed by atoms with Gasteiger partial charge in [-0.3, -0.25) is 9.36 Å². The molecule has 0 aliphatic heterocycles. The first-order valence-electron chi connectivity index (χ1n) is 6.67. The highest BCUT2D eigenvalue weighted by atomic mass is 32.1. The maximum atomic E-state index is 12.2. The van der Waals surface area contributed by atoms with Gasteiger partial charge in [-0.1, -0.05) is 35.6 Å². The molecule has 5 nitrogen and oxygen atoms in total. The Morgan fingerprint density at radius 2 is 1.95 bits per heavy atom. The van der Waals surface area contributed by atoms with Crippen LogP contribution in [0.5, 0.6) is 0 Å². The quantitative estimate of drug-likeness (QED) is 0.746. The van der Waals surface area contributed by atoms with Crippen molar-refractivity contribution >= 4 is 11.3 Å². The molecule has 0 aliphatic rings. The zero-order valence-electron chi connectivity index (χ0n) is 12.2. The van der Waals surface area contributed by atoms with Gasteiger partial charge in [0.25, 0.3) is 0 Å². The van der Waals surface area contributed by atoms with Crippen LogP contribution in [0.15, 0.2) is 34.4 Å². The van der Waals surface area contributed by atoms with E-state index in [0.717, 1.165) is 28.5 Å². The number of aromatic nitrogens is 4. The van der Waals surface area contributed by atoms with E-state index in [0.29, 0.717) is 6.54 Å². The molecule has 2 aromatic heterocycles. The van der Waals surface area contributed by atoms with Crippen LogP contribution in [0.1, 0.15) is 17.2 Å². The molecule has 0 saturated heterocycles. The van der Waals surface area contributed by atoms with Gasteiger partial charge in [-0.05, 0) is 19.4 Å². The van der Waals surface area contributed by atoms with Gasteiger partial charge in [-0.2, -0.15) is 0 Å². The largest absolute Gasteiger partial charge is 0.317 e. The Morgan fingerprint density at radius 3 is 2.62 bits per heavy atom. The lowest BCUT2D eigenvalue weighted by molar-refractivity contribution is 0.688. The average Bonchev–Trinajstić information content (AvgIpc) is 2.98. The van der Waals surface area contributed by atoms with Gasteiger partial charge < -0.3 is 4.57 Å². The third-order valence-corrected chi connectivity index (χ3v) is 4.45. The SMILES string of the molecule is Cc1ccccc1-c1csc(=O)n1Cc1nnc(C)n1C. The van der Waals surface area contributed by atoms with E-state index in [9.17, 15) is 4.79 Å². The molecule has 0 unspecified atom stereocenters. The zero-order chi connectivity index (χ0) is 15.0. The van der Waals surface area contributed by atoms with Crippen molar-refractivity contribution in [2.45, 2.75) is 20.4 Å². The smallest absolute Gasteiger partial charge is 0.307 e. The van der Waals surface area contributed by atoms with Crippen molar-refractivity contribution in [2.75, 3.05) is 0 Å². The van der Waals surface area contributed by atoms with E-state index in [1.165, 1.54) is 11.3 Å². The van der Waals surface area contributed by atoms with Crippen LogP contribution in [0.4, 0.5) is 0 Å². The van der Waals surface area contributed by atoms with E-state index in [2.05, 4.69) is 10.2 Å². The standard InChI is InChI=1S/C15H16N4OS/c1-10-6-4-5-7-12(10)13-9-21-15(20)19(13)8-14-17-16-11(2)18(14)3/h4-7,9H,8H2,1-3H3. The highest BCUT2D eigenvalue weighted by Gasteiger charge is 2.14. The van der Waals surface area contributed by atoms with Crippen molar-refractivity contribution in [1.82, 2.24) is 19.3 Å². The van der Waals surface area contributed by atoms with Crippen LogP contribution in [0.2, 0.25) is 0 Å². The normalized spacial score (nSPS) is 11.0. The third kappa shape index (κ3) is 2.42.